The first-order valence-electron chi connectivity index (χ1n) is 6.69. The first-order chi connectivity index (χ1) is 8.39. The van der Waals surface area contributed by atoms with Crippen molar-refractivity contribution < 1.29 is 4.79 Å². The van der Waals surface area contributed by atoms with Crippen LogP contribution in [0.2, 0.25) is 0 Å². The molecule has 0 saturated heterocycles. The Hall–Kier alpha value is -0.210. The van der Waals surface area contributed by atoms with Gasteiger partial charge in [-0.3, -0.25) is 4.79 Å². The lowest BCUT2D eigenvalue weighted by molar-refractivity contribution is -0.127. The van der Waals surface area contributed by atoms with Crippen molar-refractivity contribution in [2.75, 3.05) is 0 Å². The van der Waals surface area contributed by atoms with Gasteiger partial charge in [0.05, 0.1) is 5.41 Å². The molecule has 1 rings (SSSR count). The van der Waals surface area contributed by atoms with Crippen molar-refractivity contribution in [1.82, 2.24) is 5.32 Å². The summed E-state index contributed by atoms with van der Waals surface area (Å²) in [4.78, 5) is 12.2. The molecule has 1 aliphatic carbocycles. The molecular weight excluding hydrogens is 269 g/mol. The molecule has 0 spiro atoms. The molecule has 1 saturated carbocycles. The van der Waals surface area contributed by atoms with E-state index in [1.807, 2.05) is 6.92 Å². The fraction of sp³-hybridized carbons (Fsp3) is 0.786. The monoisotopic (exact) mass is 291 g/mol. The van der Waals surface area contributed by atoms with E-state index in [0.29, 0.717) is 12.8 Å². The highest BCUT2D eigenvalue weighted by Crippen LogP contribution is 2.66. The molecule has 0 radical (unpaired) electrons. The van der Waals surface area contributed by atoms with Crippen molar-refractivity contribution in [3.63, 3.8) is 0 Å². The van der Waals surface area contributed by atoms with Gasteiger partial charge in [0.1, 0.15) is 4.33 Å². The lowest BCUT2D eigenvalue weighted by Crippen LogP contribution is -2.40. The van der Waals surface area contributed by atoms with Crippen LogP contribution < -0.4 is 5.32 Å². The van der Waals surface area contributed by atoms with Crippen LogP contribution in [0.4, 0.5) is 0 Å². The number of hydrogen-bond acceptors (Lipinski definition) is 1. The van der Waals surface area contributed by atoms with Crippen LogP contribution in [-0.4, -0.2) is 16.3 Å². The van der Waals surface area contributed by atoms with E-state index in [0.717, 1.165) is 12.8 Å². The molecule has 18 heavy (non-hydrogen) atoms. The van der Waals surface area contributed by atoms with Crippen LogP contribution in [0.25, 0.3) is 0 Å². The van der Waals surface area contributed by atoms with Crippen LogP contribution in [0, 0.1) is 5.41 Å². The molecule has 2 nitrogen and oxygen atoms in total. The molecule has 0 aromatic heterocycles. The van der Waals surface area contributed by atoms with E-state index in [4.69, 9.17) is 23.2 Å². The van der Waals surface area contributed by atoms with E-state index < -0.39 is 9.75 Å². The maximum atomic E-state index is 12.2. The van der Waals surface area contributed by atoms with Gasteiger partial charge in [-0.05, 0) is 26.2 Å². The third-order valence-electron chi connectivity index (χ3n) is 3.64. The topological polar surface area (TPSA) is 29.1 Å². The lowest BCUT2D eigenvalue weighted by Gasteiger charge is -2.20. The molecule has 4 heteroatoms. The van der Waals surface area contributed by atoms with Gasteiger partial charge in [-0.1, -0.05) is 32.3 Å². The van der Waals surface area contributed by atoms with Crippen LogP contribution in [-0.2, 0) is 4.79 Å². The number of carbonyl (C=O) groups excluding carboxylic acids is 1. The Labute approximate surface area is 120 Å². The molecule has 0 heterocycles. The summed E-state index contributed by atoms with van der Waals surface area (Å²) >= 11 is 12.2. The molecule has 1 aliphatic rings. The van der Waals surface area contributed by atoms with Crippen molar-refractivity contribution in [2.24, 2.45) is 5.41 Å². The number of rotatable bonds is 8. The van der Waals surface area contributed by atoms with E-state index in [1.165, 1.54) is 12.8 Å². The van der Waals surface area contributed by atoms with Crippen LogP contribution >= 0.6 is 23.2 Å². The second-order valence-electron chi connectivity index (χ2n) is 5.33. The normalized spacial score (nSPS) is 26.4. The van der Waals surface area contributed by atoms with E-state index in [-0.39, 0.29) is 11.9 Å². The third kappa shape index (κ3) is 3.42. The molecular formula is C14H23Cl2NO. The maximum absolute atomic E-state index is 12.2. The molecule has 0 aliphatic heterocycles. The first kappa shape index (κ1) is 15.8. The third-order valence-corrected chi connectivity index (χ3v) is 4.64. The van der Waals surface area contributed by atoms with Gasteiger partial charge in [0.2, 0.25) is 5.91 Å². The second-order valence-corrected chi connectivity index (χ2v) is 6.81. The molecule has 104 valence electrons. The van der Waals surface area contributed by atoms with Crippen LogP contribution in [0.3, 0.4) is 0 Å². The van der Waals surface area contributed by atoms with Crippen molar-refractivity contribution in [3.05, 3.63) is 12.7 Å². The molecule has 1 unspecified atom stereocenters. The van der Waals surface area contributed by atoms with E-state index in [2.05, 4.69) is 18.8 Å². The highest BCUT2D eigenvalue weighted by atomic mass is 35.5. The summed E-state index contributed by atoms with van der Waals surface area (Å²) in [5.41, 5.74) is -0.656. The fourth-order valence-corrected chi connectivity index (χ4v) is 3.06. The quantitative estimate of drug-likeness (QED) is 0.405. The number of carbonyl (C=O) groups is 1. The average Bonchev–Trinajstić information content (AvgIpc) is 2.83. The Balaban J connectivity index is 2.46. The van der Waals surface area contributed by atoms with Gasteiger partial charge in [-0.2, -0.15) is 0 Å². The Morgan fingerprint density at radius 3 is 2.56 bits per heavy atom. The zero-order chi connectivity index (χ0) is 13.8. The minimum Gasteiger partial charge on any atom is -0.353 e. The lowest BCUT2D eigenvalue weighted by atomic mass is 10.00. The summed E-state index contributed by atoms with van der Waals surface area (Å²) in [5, 5.41) is 3.03. The van der Waals surface area contributed by atoms with E-state index >= 15 is 0 Å². The Morgan fingerprint density at radius 2 is 2.11 bits per heavy atom. The minimum absolute atomic E-state index is 0.0311. The number of amides is 1. The van der Waals surface area contributed by atoms with Crippen molar-refractivity contribution in [3.8, 4) is 0 Å². The van der Waals surface area contributed by atoms with Crippen LogP contribution in [0.5, 0.6) is 0 Å². The van der Waals surface area contributed by atoms with Gasteiger partial charge in [0, 0.05) is 6.04 Å². The summed E-state index contributed by atoms with van der Waals surface area (Å²) in [7, 11) is 0. The van der Waals surface area contributed by atoms with Gasteiger partial charge in [-0.15, -0.1) is 29.8 Å². The summed E-state index contributed by atoms with van der Waals surface area (Å²) in [5.74, 6) is -0.0311. The van der Waals surface area contributed by atoms with Crippen molar-refractivity contribution >= 4 is 29.1 Å². The zero-order valence-electron chi connectivity index (χ0n) is 11.3. The van der Waals surface area contributed by atoms with Gasteiger partial charge in [0.25, 0.3) is 0 Å². The molecule has 0 bridgehead atoms. The Kier molecular flexibility index (Phi) is 5.54. The number of allylic oxidation sites excluding steroid dienone is 1. The number of nitrogens with one attached hydrogen (secondary N) is 1. The molecule has 2 atom stereocenters. The molecule has 1 amide bonds. The maximum Gasteiger partial charge on any atom is 0.229 e. The predicted molar refractivity (Wildman–Crippen MR) is 78.0 cm³/mol. The fourth-order valence-electron chi connectivity index (χ4n) is 2.28. The van der Waals surface area contributed by atoms with Gasteiger partial charge >= 0.3 is 0 Å². The summed E-state index contributed by atoms with van der Waals surface area (Å²) < 4.78 is -0.922. The highest BCUT2D eigenvalue weighted by Gasteiger charge is 2.70. The minimum atomic E-state index is -0.922. The molecule has 0 aromatic rings. The van der Waals surface area contributed by atoms with Crippen molar-refractivity contribution in [2.45, 2.75) is 62.7 Å². The SMILES string of the molecule is C=CCC1(C(=O)N[C@H](C)CCCCC)CC1(Cl)Cl. The second kappa shape index (κ2) is 6.29. The van der Waals surface area contributed by atoms with Crippen LogP contribution in [0.1, 0.15) is 52.4 Å². The molecule has 1 fully saturated rings. The first-order valence-corrected chi connectivity index (χ1v) is 7.45. The zero-order valence-corrected chi connectivity index (χ0v) is 12.8. The summed E-state index contributed by atoms with van der Waals surface area (Å²) in [6.07, 6.45) is 7.30. The molecule has 0 aromatic carbocycles. The average molecular weight is 292 g/mol. The van der Waals surface area contributed by atoms with Gasteiger partial charge < -0.3 is 5.32 Å². The largest absolute Gasteiger partial charge is 0.353 e. The van der Waals surface area contributed by atoms with Gasteiger partial charge in [0.15, 0.2) is 0 Å². The van der Waals surface area contributed by atoms with Crippen molar-refractivity contribution in [1.29, 1.82) is 0 Å². The standard InChI is InChI=1S/C14H23Cl2NO/c1-4-6-7-8-11(3)17-12(18)13(9-5-2)10-14(13,15)16/h5,11H,2,4,6-10H2,1,3H3,(H,17,18)/t11-,13?/m1/s1. The van der Waals surface area contributed by atoms with E-state index in [1.54, 1.807) is 6.08 Å². The number of halogens is 2. The molecule has 1 N–H and O–H groups in total. The summed E-state index contributed by atoms with van der Waals surface area (Å²) in [6, 6.07) is 0.176. The van der Waals surface area contributed by atoms with Gasteiger partial charge in [-0.25, -0.2) is 0 Å². The smallest absolute Gasteiger partial charge is 0.229 e. The number of unbranched alkanes of at least 4 members (excludes halogenated alkanes) is 2. The number of hydrogen-bond donors (Lipinski definition) is 1. The van der Waals surface area contributed by atoms with Crippen LogP contribution in [0.15, 0.2) is 12.7 Å². The Bertz CT molecular complexity index is 317. The summed E-state index contributed by atoms with van der Waals surface area (Å²) in [6.45, 7) is 7.87. The Morgan fingerprint density at radius 1 is 1.50 bits per heavy atom. The number of alkyl halides is 2. The highest BCUT2D eigenvalue weighted by molar-refractivity contribution is 6.53. The predicted octanol–water partition coefficient (Wildman–Crippen LogP) is 4.21. The van der Waals surface area contributed by atoms with E-state index in [9.17, 15) is 4.79 Å².